The molecule has 1 aliphatic rings. The minimum Gasteiger partial charge on any atom is -0.444 e. The third-order valence-electron chi connectivity index (χ3n) is 5.06. The minimum absolute atomic E-state index is 0.267. The van der Waals surface area contributed by atoms with Crippen molar-refractivity contribution in [3.8, 4) is 0 Å². The molecule has 146 valence electrons. The molecule has 0 saturated carbocycles. The van der Waals surface area contributed by atoms with E-state index in [1.165, 1.54) is 12.1 Å². The van der Waals surface area contributed by atoms with Crippen molar-refractivity contribution in [1.29, 1.82) is 0 Å². The van der Waals surface area contributed by atoms with Gasteiger partial charge in [-0.25, -0.2) is 4.39 Å². The fraction of sp³-hybridized carbons (Fsp3) is 0.450. The zero-order valence-electron chi connectivity index (χ0n) is 15.9. The maximum Gasteiger partial charge on any atom is 0.287 e. The van der Waals surface area contributed by atoms with Gasteiger partial charge in [0.05, 0.1) is 6.04 Å². The van der Waals surface area contributed by atoms with E-state index >= 15 is 0 Å². The Morgan fingerprint density at radius 3 is 2.59 bits per heavy atom. The van der Waals surface area contributed by atoms with Crippen LogP contribution >= 0.6 is 15.9 Å². The number of halogens is 2. The highest BCUT2D eigenvalue weighted by molar-refractivity contribution is 9.10. The van der Waals surface area contributed by atoms with E-state index in [1.54, 1.807) is 6.07 Å². The SMILES string of the molecule is CCN1CCN(c2ccc(F)cc2C(C)NC(=O)c2oc(Br)cc2C)CC1. The van der Waals surface area contributed by atoms with Gasteiger partial charge in [-0.2, -0.15) is 0 Å². The topological polar surface area (TPSA) is 48.7 Å². The van der Waals surface area contributed by atoms with Gasteiger partial charge in [-0.1, -0.05) is 6.92 Å². The molecule has 1 aliphatic heterocycles. The smallest absolute Gasteiger partial charge is 0.287 e. The molecule has 0 aliphatic carbocycles. The normalized spacial score (nSPS) is 16.4. The van der Waals surface area contributed by atoms with E-state index in [9.17, 15) is 9.18 Å². The zero-order valence-corrected chi connectivity index (χ0v) is 17.5. The molecule has 27 heavy (non-hydrogen) atoms. The van der Waals surface area contributed by atoms with Crippen LogP contribution in [0.5, 0.6) is 0 Å². The van der Waals surface area contributed by atoms with Crippen molar-refractivity contribution in [1.82, 2.24) is 10.2 Å². The summed E-state index contributed by atoms with van der Waals surface area (Å²) in [6.07, 6.45) is 0. The van der Waals surface area contributed by atoms with E-state index in [0.29, 0.717) is 4.67 Å². The number of rotatable bonds is 5. The second kappa shape index (κ2) is 8.44. The monoisotopic (exact) mass is 437 g/mol. The minimum atomic E-state index is -0.351. The number of aryl methyl sites for hydroxylation is 1. The summed E-state index contributed by atoms with van der Waals surface area (Å²) in [7, 11) is 0. The summed E-state index contributed by atoms with van der Waals surface area (Å²) in [6, 6.07) is 6.20. The second-order valence-electron chi connectivity index (χ2n) is 6.88. The number of nitrogens with one attached hydrogen (secondary N) is 1. The molecule has 1 fully saturated rings. The molecule has 7 heteroatoms. The number of hydrogen-bond donors (Lipinski definition) is 1. The van der Waals surface area contributed by atoms with Crippen molar-refractivity contribution >= 4 is 27.5 Å². The Labute approximate surface area is 167 Å². The Balaban J connectivity index is 1.79. The van der Waals surface area contributed by atoms with Crippen molar-refractivity contribution in [2.45, 2.75) is 26.8 Å². The summed E-state index contributed by atoms with van der Waals surface area (Å²) in [4.78, 5) is 17.2. The van der Waals surface area contributed by atoms with Gasteiger partial charge in [-0.05, 0) is 60.6 Å². The third-order valence-corrected chi connectivity index (χ3v) is 5.45. The molecule has 1 saturated heterocycles. The lowest BCUT2D eigenvalue weighted by Gasteiger charge is -2.37. The highest BCUT2D eigenvalue weighted by atomic mass is 79.9. The van der Waals surface area contributed by atoms with Crippen LogP contribution in [-0.4, -0.2) is 43.5 Å². The first kappa shape index (κ1) is 19.9. The number of furan rings is 1. The van der Waals surface area contributed by atoms with E-state index in [4.69, 9.17) is 4.42 Å². The van der Waals surface area contributed by atoms with Gasteiger partial charge in [0, 0.05) is 43.0 Å². The van der Waals surface area contributed by atoms with Gasteiger partial charge in [0.15, 0.2) is 10.4 Å². The van der Waals surface area contributed by atoms with E-state index in [1.807, 2.05) is 19.9 Å². The van der Waals surface area contributed by atoms with Crippen molar-refractivity contribution < 1.29 is 13.6 Å². The Morgan fingerprint density at radius 2 is 2.00 bits per heavy atom. The van der Waals surface area contributed by atoms with Gasteiger partial charge in [0.1, 0.15) is 5.82 Å². The van der Waals surface area contributed by atoms with Crippen LogP contribution in [0.4, 0.5) is 10.1 Å². The number of benzene rings is 1. The van der Waals surface area contributed by atoms with E-state index < -0.39 is 0 Å². The Bertz CT molecular complexity index is 816. The lowest BCUT2D eigenvalue weighted by Crippen LogP contribution is -2.46. The van der Waals surface area contributed by atoms with E-state index in [0.717, 1.165) is 49.5 Å². The van der Waals surface area contributed by atoms with Crippen LogP contribution in [0.1, 0.15) is 41.6 Å². The first-order valence-electron chi connectivity index (χ1n) is 9.22. The lowest BCUT2D eigenvalue weighted by molar-refractivity contribution is 0.0909. The van der Waals surface area contributed by atoms with Crippen LogP contribution in [0.25, 0.3) is 0 Å². The fourth-order valence-corrected chi connectivity index (χ4v) is 3.98. The number of nitrogens with zero attached hydrogens (tertiary/aromatic N) is 2. The van der Waals surface area contributed by atoms with Crippen LogP contribution in [0, 0.1) is 12.7 Å². The average molecular weight is 438 g/mol. The average Bonchev–Trinajstić information content (AvgIpc) is 3.00. The highest BCUT2D eigenvalue weighted by Crippen LogP contribution is 2.29. The Hall–Kier alpha value is -1.86. The summed E-state index contributed by atoms with van der Waals surface area (Å²) >= 11 is 3.24. The standard InChI is InChI=1S/C20H25BrFN3O2/c1-4-24-7-9-25(10-8-24)17-6-5-15(22)12-16(17)14(3)23-20(26)19-13(2)11-18(21)27-19/h5-6,11-12,14H,4,7-10H2,1-3H3,(H,23,26). The van der Waals surface area contributed by atoms with Crippen LogP contribution < -0.4 is 10.2 Å². The number of hydrogen-bond acceptors (Lipinski definition) is 4. The molecule has 1 N–H and O–H groups in total. The first-order chi connectivity index (χ1) is 12.9. The Morgan fingerprint density at radius 1 is 1.30 bits per heavy atom. The fourth-order valence-electron chi connectivity index (χ4n) is 3.47. The summed E-state index contributed by atoms with van der Waals surface area (Å²) in [5.41, 5.74) is 2.50. The molecule has 0 spiro atoms. The molecule has 0 bridgehead atoms. The number of anilines is 1. The summed E-state index contributed by atoms with van der Waals surface area (Å²) < 4.78 is 19.9. The molecule has 1 unspecified atom stereocenters. The molecule has 2 heterocycles. The van der Waals surface area contributed by atoms with Gasteiger partial charge in [0.25, 0.3) is 5.91 Å². The molecule has 5 nitrogen and oxygen atoms in total. The molecular weight excluding hydrogens is 413 g/mol. The molecule has 3 rings (SSSR count). The highest BCUT2D eigenvalue weighted by Gasteiger charge is 2.23. The number of carbonyl (C=O) groups excluding carboxylic acids is 1. The molecule has 1 aromatic carbocycles. The van der Waals surface area contributed by atoms with Gasteiger partial charge in [-0.15, -0.1) is 0 Å². The van der Waals surface area contributed by atoms with Crippen LogP contribution in [-0.2, 0) is 0 Å². The maximum absolute atomic E-state index is 14.0. The Kier molecular flexibility index (Phi) is 6.22. The summed E-state index contributed by atoms with van der Waals surface area (Å²) in [5, 5.41) is 2.94. The van der Waals surface area contributed by atoms with Crippen molar-refractivity contribution in [2.75, 3.05) is 37.6 Å². The third kappa shape index (κ3) is 4.52. The maximum atomic E-state index is 14.0. The predicted molar refractivity (Wildman–Crippen MR) is 108 cm³/mol. The van der Waals surface area contributed by atoms with E-state index in [-0.39, 0.29) is 23.5 Å². The first-order valence-corrected chi connectivity index (χ1v) is 10.0. The van der Waals surface area contributed by atoms with Crippen molar-refractivity contribution in [3.05, 3.63) is 51.6 Å². The van der Waals surface area contributed by atoms with Crippen LogP contribution in [0.15, 0.2) is 33.4 Å². The predicted octanol–water partition coefficient (Wildman–Crippen LogP) is 4.12. The van der Waals surface area contributed by atoms with Crippen LogP contribution in [0.2, 0.25) is 0 Å². The second-order valence-corrected chi connectivity index (χ2v) is 7.66. The quantitative estimate of drug-likeness (QED) is 0.763. The van der Waals surface area contributed by atoms with Gasteiger partial charge < -0.3 is 19.5 Å². The van der Waals surface area contributed by atoms with Crippen LogP contribution in [0.3, 0.4) is 0 Å². The number of piperazine rings is 1. The lowest BCUT2D eigenvalue weighted by atomic mass is 10.0. The zero-order chi connectivity index (χ0) is 19.6. The largest absolute Gasteiger partial charge is 0.444 e. The number of likely N-dealkylation sites (N-methyl/N-ethyl adjacent to an activating group) is 1. The summed E-state index contributed by atoms with van der Waals surface area (Å²) in [6.45, 7) is 10.6. The van der Waals surface area contributed by atoms with Crippen molar-refractivity contribution in [2.24, 2.45) is 0 Å². The molecular formula is C20H25BrFN3O2. The van der Waals surface area contributed by atoms with Crippen molar-refractivity contribution in [3.63, 3.8) is 0 Å². The molecule has 2 aromatic rings. The molecule has 1 aromatic heterocycles. The molecule has 0 radical (unpaired) electrons. The van der Waals surface area contributed by atoms with Gasteiger partial charge >= 0.3 is 0 Å². The summed E-state index contributed by atoms with van der Waals surface area (Å²) in [5.74, 6) is -0.348. The van der Waals surface area contributed by atoms with E-state index in [2.05, 4.69) is 38.0 Å². The number of carbonyl (C=O) groups is 1. The molecule has 1 amide bonds. The number of amides is 1. The van der Waals surface area contributed by atoms with Gasteiger partial charge in [0.2, 0.25) is 0 Å². The molecule has 1 atom stereocenters. The van der Waals surface area contributed by atoms with Gasteiger partial charge in [-0.3, -0.25) is 4.79 Å².